The van der Waals surface area contributed by atoms with Crippen LogP contribution in [0.2, 0.25) is 0 Å². The van der Waals surface area contributed by atoms with Crippen LogP contribution in [0.1, 0.15) is 15.9 Å². The molecule has 1 aliphatic rings. The highest BCUT2D eigenvalue weighted by atomic mass is 19.1. The molecule has 0 atom stereocenters. The first-order chi connectivity index (χ1) is 12.7. The van der Waals surface area contributed by atoms with Crippen LogP contribution in [0.4, 0.5) is 4.39 Å². The van der Waals surface area contributed by atoms with Gasteiger partial charge in [0.15, 0.2) is 17.3 Å². The monoisotopic (exact) mass is 346 g/mol. The van der Waals surface area contributed by atoms with Crippen LogP contribution in [-0.4, -0.2) is 12.6 Å². The molecule has 0 amide bonds. The zero-order chi connectivity index (χ0) is 17.9. The third-order valence-corrected chi connectivity index (χ3v) is 4.17. The van der Waals surface area contributed by atoms with Crippen molar-refractivity contribution in [2.45, 2.75) is 0 Å². The largest absolute Gasteiger partial charge is 0.454 e. The Bertz CT molecular complexity index is 973. The molecule has 4 rings (SSSR count). The Kier molecular flexibility index (Phi) is 4.23. The Morgan fingerprint density at radius 2 is 1.50 bits per heavy atom. The van der Waals surface area contributed by atoms with Crippen molar-refractivity contribution in [1.29, 1.82) is 0 Å². The molecule has 4 heteroatoms. The summed E-state index contributed by atoms with van der Waals surface area (Å²) in [7, 11) is 0. The number of benzene rings is 3. The Hall–Kier alpha value is -3.40. The van der Waals surface area contributed by atoms with E-state index < -0.39 is 0 Å². The molecule has 3 aromatic carbocycles. The summed E-state index contributed by atoms with van der Waals surface area (Å²) in [5.74, 6) is 1.04. The van der Waals surface area contributed by atoms with Gasteiger partial charge in [0.2, 0.25) is 6.79 Å². The predicted molar refractivity (Wildman–Crippen MR) is 97.8 cm³/mol. The molecule has 1 heterocycles. The van der Waals surface area contributed by atoms with Crippen molar-refractivity contribution in [2.75, 3.05) is 6.79 Å². The maximum Gasteiger partial charge on any atom is 0.231 e. The quantitative estimate of drug-likeness (QED) is 0.486. The number of hydrogen-bond acceptors (Lipinski definition) is 3. The lowest BCUT2D eigenvalue weighted by Gasteiger charge is -2.03. The number of carbonyl (C=O) groups excluding carboxylic acids is 1. The van der Waals surface area contributed by atoms with Gasteiger partial charge in [-0.25, -0.2) is 4.39 Å². The predicted octanol–water partition coefficient (Wildman–Crippen LogP) is 5.12. The summed E-state index contributed by atoms with van der Waals surface area (Å²) in [5, 5.41) is 0. The molecule has 0 radical (unpaired) electrons. The molecule has 128 valence electrons. The van der Waals surface area contributed by atoms with Gasteiger partial charge in [0.1, 0.15) is 5.82 Å². The molecule has 0 N–H and O–H groups in total. The van der Waals surface area contributed by atoms with Gasteiger partial charge >= 0.3 is 0 Å². The molecule has 0 bridgehead atoms. The van der Waals surface area contributed by atoms with Crippen LogP contribution in [0.15, 0.2) is 72.8 Å². The highest BCUT2D eigenvalue weighted by molar-refractivity contribution is 6.07. The van der Waals surface area contributed by atoms with Gasteiger partial charge in [-0.1, -0.05) is 48.5 Å². The zero-order valence-electron chi connectivity index (χ0n) is 13.8. The van der Waals surface area contributed by atoms with E-state index in [2.05, 4.69) is 0 Å². The van der Waals surface area contributed by atoms with E-state index in [9.17, 15) is 9.18 Å². The lowest BCUT2D eigenvalue weighted by Crippen LogP contribution is -1.94. The number of ether oxygens (including phenoxy) is 2. The molecule has 26 heavy (non-hydrogen) atoms. The second kappa shape index (κ2) is 6.84. The van der Waals surface area contributed by atoms with Crippen molar-refractivity contribution in [3.63, 3.8) is 0 Å². The first-order valence-corrected chi connectivity index (χ1v) is 8.17. The smallest absolute Gasteiger partial charge is 0.231 e. The van der Waals surface area contributed by atoms with Crippen LogP contribution >= 0.6 is 0 Å². The Balaban J connectivity index is 1.48. The summed E-state index contributed by atoms with van der Waals surface area (Å²) in [5.41, 5.74) is 3.29. The van der Waals surface area contributed by atoms with Crippen LogP contribution in [0.3, 0.4) is 0 Å². The van der Waals surface area contributed by atoms with E-state index in [1.807, 2.05) is 30.3 Å². The number of carbonyl (C=O) groups is 1. The topological polar surface area (TPSA) is 35.5 Å². The maximum absolute atomic E-state index is 13.0. The molecule has 3 aromatic rings. The summed E-state index contributed by atoms with van der Waals surface area (Å²) in [6.45, 7) is 0.224. The summed E-state index contributed by atoms with van der Waals surface area (Å²) >= 11 is 0. The SMILES string of the molecule is O=C(/C=C/c1ccc2c(c1)OCO2)c1ccc(-c2ccc(F)cc2)cc1. The lowest BCUT2D eigenvalue weighted by atomic mass is 10.0. The third kappa shape index (κ3) is 3.35. The Morgan fingerprint density at radius 1 is 0.846 bits per heavy atom. The van der Waals surface area contributed by atoms with Gasteiger partial charge in [0, 0.05) is 5.56 Å². The minimum Gasteiger partial charge on any atom is -0.454 e. The van der Waals surface area contributed by atoms with Crippen LogP contribution in [-0.2, 0) is 0 Å². The van der Waals surface area contributed by atoms with E-state index >= 15 is 0 Å². The van der Waals surface area contributed by atoms with Crippen LogP contribution in [0, 0.1) is 5.82 Å². The fourth-order valence-electron chi connectivity index (χ4n) is 2.75. The standard InChI is InChI=1S/C22H15FO3/c23-19-9-7-17(8-10-19)16-3-5-18(6-4-16)20(24)11-1-15-2-12-21-22(13-15)26-14-25-21/h1-13H,14H2/b11-1+. The minimum absolute atomic E-state index is 0.0895. The van der Waals surface area contributed by atoms with E-state index in [1.165, 1.54) is 18.2 Å². The fourth-order valence-corrected chi connectivity index (χ4v) is 2.75. The summed E-state index contributed by atoms with van der Waals surface area (Å²) < 4.78 is 23.6. The minimum atomic E-state index is -0.269. The molecular weight excluding hydrogens is 331 g/mol. The molecule has 0 aliphatic carbocycles. The van der Waals surface area contributed by atoms with Crippen molar-refractivity contribution in [1.82, 2.24) is 0 Å². The van der Waals surface area contributed by atoms with Crippen LogP contribution in [0.5, 0.6) is 11.5 Å². The normalized spacial score (nSPS) is 12.5. The summed E-state index contributed by atoms with van der Waals surface area (Å²) in [6.07, 6.45) is 3.28. The number of fused-ring (bicyclic) bond motifs is 1. The average Bonchev–Trinajstić information content (AvgIpc) is 3.15. The van der Waals surface area contributed by atoms with E-state index in [-0.39, 0.29) is 18.4 Å². The van der Waals surface area contributed by atoms with E-state index in [1.54, 1.807) is 30.3 Å². The third-order valence-electron chi connectivity index (χ3n) is 4.17. The van der Waals surface area contributed by atoms with Gasteiger partial charge in [-0.15, -0.1) is 0 Å². The van der Waals surface area contributed by atoms with Gasteiger partial charge < -0.3 is 9.47 Å². The van der Waals surface area contributed by atoms with Crippen molar-refractivity contribution < 1.29 is 18.7 Å². The molecule has 3 nitrogen and oxygen atoms in total. The molecule has 0 saturated heterocycles. The number of rotatable bonds is 4. The van der Waals surface area contributed by atoms with E-state index in [0.717, 1.165) is 16.7 Å². The second-order valence-corrected chi connectivity index (χ2v) is 5.89. The molecule has 0 fully saturated rings. The van der Waals surface area contributed by atoms with Crippen molar-refractivity contribution in [3.05, 3.63) is 89.8 Å². The second-order valence-electron chi connectivity index (χ2n) is 5.89. The van der Waals surface area contributed by atoms with Crippen LogP contribution < -0.4 is 9.47 Å². The average molecular weight is 346 g/mol. The Morgan fingerprint density at radius 3 is 2.23 bits per heavy atom. The maximum atomic E-state index is 13.0. The zero-order valence-corrected chi connectivity index (χ0v) is 13.8. The van der Waals surface area contributed by atoms with Gasteiger partial charge in [-0.2, -0.15) is 0 Å². The Labute approximate surface area is 150 Å². The first kappa shape index (κ1) is 16.1. The van der Waals surface area contributed by atoms with Crippen molar-refractivity contribution in [2.24, 2.45) is 0 Å². The molecule has 0 saturated carbocycles. The highest BCUT2D eigenvalue weighted by Crippen LogP contribution is 2.32. The number of allylic oxidation sites excluding steroid dienone is 1. The van der Waals surface area contributed by atoms with Crippen LogP contribution in [0.25, 0.3) is 17.2 Å². The fraction of sp³-hybridized carbons (Fsp3) is 0.0455. The molecule has 0 aromatic heterocycles. The highest BCUT2D eigenvalue weighted by Gasteiger charge is 2.12. The van der Waals surface area contributed by atoms with Crippen molar-refractivity contribution >= 4 is 11.9 Å². The van der Waals surface area contributed by atoms with Gasteiger partial charge in [0.05, 0.1) is 0 Å². The van der Waals surface area contributed by atoms with E-state index in [4.69, 9.17) is 9.47 Å². The first-order valence-electron chi connectivity index (χ1n) is 8.17. The molecule has 0 spiro atoms. The van der Waals surface area contributed by atoms with Crippen molar-refractivity contribution in [3.8, 4) is 22.6 Å². The number of ketones is 1. The lowest BCUT2D eigenvalue weighted by molar-refractivity contribution is 0.104. The molecular formula is C22H15FO3. The molecule has 1 aliphatic heterocycles. The number of hydrogen-bond donors (Lipinski definition) is 0. The number of halogens is 1. The van der Waals surface area contributed by atoms with Gasteiger partial charge in [-0.3, -0.25) is 4.79 Å². The van der Waals surface area contributed by atoms with Gasteiger partial charge in [-0.05, 0) is 47.0 Å². The van der Waals surface area contributed by atoms with Gasteiger partial charge in [0.25, 0.3) is 0 Å². The molecule has 0 unspecified atom stereocenters. The summed E-state index contributed by atoms with van der Waals surface area (Å²) in [6, 6.07) is 19.0. The van der Waals surface area contributed by atoms with E-state index in [0.29, 0.717) is 17.1 Å². The summed E-state index contributed by atoms with van der Waals surface area (Å²) in [4.78, 5) is 12.4.